The van der Waals surface area contributed by atoms with Crippen LogP contribution in [0.2, 0.25) is 0 Å². The van der Waals surface area contributed by atoms with Crippen LogP contribution in [0, 0.1) is 11.8 Å². The molecule has 0 spiro atoms. The number of aliphatic carboxylic acids is 1. The normalized spacial score (nSPS) is 25.0. The molecule has 1 N–H and O–H groups in total. The van der Waals surface area contributed by atoms with Crippen LogP contribution in [0.1, 0.15) is 56.9 Å². The van der Waals surface area contributed by atoms with Crippen molar-refractivity contribution in [3.05, 3.63) is 35.9 Å². The number of carbonyl (C=O) groups is 2. The summed E-state index contributed by atoms with van der Waals surface area (Å²) in [6.45, 7) is 2.05. The van der Waals surface area contributed by atoms with Gasteiger partial charge in [-0.15, -0.1) is 0 Å². The van der Waals surface area contributed by atoms with Gasteiger partial charge in [0.05, 0.1) is 5.92 Å². The average Bonchev–Trinajstić information content (AvgIpc) is 3.44. The van der Waals surface area contributed by atoms with Crippen LogP contribution in [0.15, 0.2) is 30.3 Å². The SMILES string of the molecule is CC(CN(C(=O)C1CCC(c2ccccc2)CC1)C1CC1)C(=O)O. The number of rotatable bonds is 6. The van der Waals surface area contributed by atoms with E-state index in [2.05, 4.69) is 24.3 Å². The third-order valence-electron chi connectivity index (χ3n) is 5.51. The molecule has 4 heteroatoms. The smallest absolute Gasteiger partial charge is 0.308 e. The van der Waals surface area contributed by atoms with Crippen LogP contribution in [-0.2, 0) is 9.59 Å². The van der Waals surface area contributed by atoms with Crippen molar-refractivity contribution in [3.8, 4) is 0 Å². The van der Waals surface area contributed by atoms with Crippen LogP contribution >= 0.6 is 0 Å². The molecule has 0 saturated heterocycles. The first-order valence-corrected chi connectivity index (χ1v) is 9.14. The van der Waals surface area contributed by atoms with Gasteiger partial charge < -0.3 is 10.0 Å². The number of carbonyl (C=O) groups excluding carboxylic acids is 1. The van der Waals surface area contributed by atoms with Crippen molar-refractivity contribution in [1.82, 2.24) is 4.90 Å². The molecule has 2 aliphatic carbocycles. The first kappa shape index (κ1) is 17.0. The van der Waals surface area contributed by atoms with Gasteiger partial charge in [-0.05, 0) is 50.0 Å². The number of benzene rings is 1. The maximum Gasteiger partial charge on any atom is 0.308 e. The molecule has 2 fully saturated rings. The van der Waals surface area contributed by atoms with Crippen LogP contribution in [0.4, 0.5) is 0 Å². The predicted octanol–water partition coefficient (Wildman–Crippen LogP) is 3.67. The van der Waals surface area contributed by atoms with Gasteiger partial charge in [0.15, 0.2) is 0 Å². The summed E-state index contributed by atoms with van der Waals surface area (Å²) in [6, 6.07) is 10.8. The number of nitrogens with zero attached hydrogens (tertiary/aromatic N) is 1. The minimum atomic E-state index is -0.818. The largest absolute Gasteiger partial charge is 0.481 e. The van der Waals surface area contributed by atoms with E-state index in [1.165, 1.54) is 5.56 Å². The molecule has 0 radical (unpaired) electrons. The van der Waals surface area contributed by atoms with E-state index in [0.29, 0.717) is 12.5 Å². The Morgan fingerprint density at radius 1 is 1.08 bits per heavy atom. The fourth-order valence-corrected chi connectivity index (χ4v) is 3.81. The van der Waals surface area contributed by atoms with Crippen LogP contribution in [0.3, 0.4) is 0 Å². The zero-order valence-electron chi connectivity index (χ0n) is 14.4. The summed E-state index contributed by atoms with van der Waals surface area (Å²) in [7, 11) is 0. The Bertz CT molecular complexity index is 574. The third-order valence-corrected chi connectivity index (χ3v) is 5.51. The number of hydrogen-bond donors (Lipinski definition) is 1. The van der Waals surface area contributed by atoms with Gasteiger partial charge in [-0.3, -0.25) is 9.59 Å². The molecule has 1 aromatic carbocycles. The molecule has 0 aromatic heterocycles. The Labute approximate surface area is 143 Å². The van der Waals surface area contributed by atoms with Gasteiger partial charge >= 0.3 is 5.97 Å². The second-order valence-corrected chi connectivity index (χ2v) is 7.42. The highest BCUT2D eigenvalue weighted by molar-refractivity contribution is 5.80. The molecule has 2 saturated carbocycles. The van der Waals surface area contributed by atoms with Gasteiger partial charge in [0.1, 0.15) is 0 Å². The number of carboxylic acid groups (broad SMARTS) is 1. The van der Waals surface area contributed by atoms with E-state index < -0.39 is 11.9 Å². The second kappa shape index (κ2) is 7.37. The molecule has 1 unspecified atom stereocenters. The molecule has 1 aromatic rings. The lowest BCUT2D eigenvalue weighted by Crippen LogP contribution is -2.42. The van der Waals surface area contributed by atoms with Crippen molar-refractivity contribution in [3.63, 3.8) is 0 Å². The van der Waals surface area contributed by atoms with Crippen LogP contribution in [0.25, 0.3) is 0 Å². The highest BCUT2D eigenvalue weighted by atomic mass is 16.4. The van der Waals surface area contributed by atoms with Crippen LogP contribution in [0.5, 0.6) is 0 Å². The molecular weight excluding hydrogens is 302 g/mol. The van der Waals surface area contributed by atoms with E-state index in [-0.39, 0.29) is 17.9 Å². The van der Waals surface area contributed by atoms with Crippen molar-refractivity contribution in [1.29, 1.82) is 0 Å². The molecule has 130 valence electrons. The molecule has 1 atom stereocenters. The lowest BCUT2D eigenvalue weighted by molar-refractivity contribution is -0.144. The molecule has 3 rings (SSSR count). The van der Waals surface area contributed by atoms with Gasteiger partial charge in [0.25, 0.3) is 0 Å². The fraction of sp³-hybridized carbons (Fsp3) is 0.600. The summed E-state index contributed by atoms with van der Waals surface area (Å²) in [6.07, 6.45) is 5.99. The molecular formula is C20H27NO3. The second-order valence-electron chi connectivity index (χ2n) is 7.42. The van der Waals surface area contributed by atoms with Crippen molar-refractivity contribution in [2.45, 2.75) is 57.4 Å². The maximum atomic E-state index is 12.9. The van der Waals surface area contributed by atoms with Crippen molar-refractivity contribution in [2.75, 3.05) is 6.54 Å². The standard InChI is InChI=1S/C20H27NO3/c1-14(20(23)24)13-21(18-11-12-18)19(22)17-9-7-16(8-10-17)15-5-3-2-4-6-15/h2-6,14,16-18H,7-13H2,1H3,(H,23,24). The summed E-state index contributed by atoms with van der Waals surface area (Å²) in [4.78, 5) is 25.9. The van der Waals surface area contributed by atoms with Crippen LogP contribution < -0.4 is 0 Å². The Balaban J connectivity index is 1.58. The minimum Gasteiger partial charge on any atom is -0.481 e. The number of amides is 1. The average molecular weight is 329 g/mol. The van der Waals surface area contributed by atoms with Crippen molar-refractivity contribution >= 4 is 11.9 Å². The number of carboxylic acids is 1. The Hall–Kier alpha value is -1.84. The van der Waals surface area contributed by atoms with E-state index >= 15 is 0 Å². The molecule has 24 heavy (non-hydrogen) atoms. The Kier molecular flexibility index (Phi) is 5.22. The third kappa shape index (κ3) is 3.97. The summed E-state index contributed by atoms with van der Waals surface area (Å²) >= 11 is 0. The molecule has 4 nitrogen and oxygen atoms in total. The summed E-state index contributed by atoms with van der Waals surface area (Å²) in [5.41, 5.74) is 1.38. The fourth-order valence-electron chi connectivity index (χ4n) is 3.81. The first-order chi connectivity index (χ1) is 11.6. The maximum absolute atomic E-state index is 12.9. The summed E-state index contributed by atoms with van der Waals surface area (Å²) in [5, 5.41) is 9.15. The molecule has 0 heterocycles. The van der Waals surface area contributed by atoms with Gasteiger partial charge in [-0.2, -0.15) is 0 Å². The van der Waals surface area contributed by atoms with Gasteiger partial charge in [-0.1, -0.05) is 37.3 Å². The monoisotopic (exact) mass is 329 g/mol. The van der Waals surface area contributed by atoms with E-state index in [0.717, 1.165) is 38.5 Å². The van der Waals surface area contributed by atoms with Crippen molar-refractivity contribution < 1.29 is 14.7 Å². The molecule has 1 amide bonds. The zero-order valence-corrected chi connectivity index (χ0v) is 14.4. The van der Waals surface area contributed by atoms with Crippen molar-refractivity contribution in [2.24, 2.45) is 11.8 Å². The molecule has 2 aliphatic rings. The molecule has 0 bridgehead atoms. The van der Waals surface area contributed by atoms with E-state index in [1.54, 1.807) is 6.92 Å². The quantitative estimate of drug-likeness (QED) is 0.866. The number of hydrogen-bond acceptors (Lipinski definition) is 2. The van der Waals surface area contributed by atoms with E-state index in [1.807, 2.05) is 11.0 Å². The topological polar surface area (TPSA) is 57.6 Å². The Morgan fingerprint density at radius 2 is 1.71 bits per heavy atom. The lowest BCUT2D eigenvalue weighted by atomic mass is 9.78. The minimum absolute atomic E-state index is 0.0755. The first-order valence-electron chi connectivity index (χ1n) is 9.14. The van der Waals surface area contributed by atoms with Gasteiger partial charge in [0.2, 0.25) is 5.91 Å². The van der Waals surface area contributed by atoms with Crippen LogP contribution in [-0.4, -0.2) is 34.5 Å². The summed E-state index contributed by atoms with van der Waals surface area (Å²) in [5.74, 6) is -0.484. The predicted molar refractivity (Wildman–Crippen MR) is 92.7 cm³/mol. The Morgan fingerprint density at radius 3 is 2.25 bits per heavy atom. The molecule has 0 aliphatic heterocycles. The highest BCUT2D eigenvalue weighted by Crippen LogP contribution is 2.38. The zero-order chi connectivity index (χ0) is 17.1. The van der Waals surface area contributed by atoms with E-state index in [9.17, 15) is 9.59 Å². The summed E-state index contributed by atoms with van der Waals surface area (Å²) < 4.78 is 0. The van der Waals surface area contributed by atoms with E-state index in [4.69, 9.17) is 5.11 Å². The highest BCUT2D eigenvalue weighted by Gasteiger charge is 2.38. The van der Waals surface area contributed by atoms with Gasteiger partial charge in [0, 0.05) is 18.5 Å². The lowest BCUT2D eigenvalue weighted by Gasteiger charge is -2.33. The van der Waals surface area contributed by atoms with Gasteiger partial charge in [-0.25, -0.2) is 0 Å².